The van der Waals surface area contributed by atoms with Crippen molar-refractivity contribution in [1.82, 2.24) is 0 Å². The molecule has 0 atom stereocenters. The Kier molecular flexibility index (Phi) is 14.3. The van der Waals surface area contributed by atoms with Crippen LogP contribution in [0.4, 0.5) is 24.5 Å². The molecule has 0 aliphatic heterocycles. The fourth-order valence-corrected chi connectivity index (χ4v) is 7.97. The van der Waals surface area contributed by atoms with Crippen LogP contribution in [0, 0.1) is 17.5 Å². The number of anilines is 2. The maximum absolute atomic E-state index is 14.9. The summed E-state index contributed by atoms with van der Waals surface area (Å²) in [5.74, 6) is -5.55. The summed E-state index contributed by atoms with van der Waals surface area (Å²) in [6.45, 7) is 0. The Balaban J connectivity index is 0.000000191. The fourth-order valence-electron chi connectivity index (χ4n) is 7.71. The topological polar surface area (TPSA) is 151 Å². The first-order chi connectivity index (χ1) is 30.8. The Labute approximate surface area is 371 Å². The van der Waals surface area contributed by atoms with E-state index in [1.165, 1.54) is 54.6 Å². The van der Waals surface area contributed by atoms with Gasteiger partial charge in [-0.05, 0) is 146 Å². The molecule has 2 fully saturated rings. The minimum absolute atomic E-state index is 0.00303. The van der Waals surface area contributed by atoms with Gasteiger partial charge in [0.15, 0.2) is 0 Å². The molecule has 0 aromatic heterocycles. The molecular formula is C50H42ClF3N2O8. The smallest absolute Gasteiger partial charge is 0.336 e. The van der Waals surface area contributed by atoms with Gasteiger partial charge in [-0.3, -0.25) is 9.59 Å². The summed E-state index contributed by atoms with van der Waals surface area (Å²) in [5, 5.41) is 23.0. The van der Waals surface area contributed by atoms with Gasteiger partial charge in [0.25, 0.3) is 11.8 Å². The molecule has 2 amide bonds. The molecule has 10 nitrogen and oxygen atoms in total. The van der Waals surface area contributed by atoms with Gasteiger partial charge in [-0.15, -0.1) is 0 Å². The number of hydrogen-bond acceptors (Lipinski definition) is 6. The molecular weight excluding hydrogens is 849 g/mol. The minimum Gasteiger partial charge on any atom is -0.490 e. The number of rotatable bonds is 12. The van der Waals surface area contributed by atoms with Crippen molar-refractivity contribution in [3.63, 3.8) is 0 Å². The summed E-state index contributed by atoms with van der Waals surface area (Å²) in [7, 11) is 0. The van der Waals surface area contributed by atoms with Crippen molar-refractivity contribution >= 4 is 46.7 Å². The van der Waals surface area contributed by atoms with Crippen LogP contribution in [-0.4, -0.2) is 46.2 Å². The zero-order valence-electron chi connectivity index (χ0n) is 34.2. The minimum atomic E-state index is -1.31. The molecule has 0 saturated heterocycles. The van der Waals surface area contributed by atoms with E-state index < -0.39 is 46.9 Å². The van der Waals surface area contributed by atoms with Gasteiger partial charge >= 0.3 is 11.9 Å². The Morgan fingerprint density at radius 1 is 0.484 bits per heavy atom. The number of carboxylic acids is 2. The van der Waals surface area contributed by atoms with E-state index in [-0.39, 0.29) is 45.2 Å². The van der Waals surface area contributed by atoms with E-state index >= 15 is 0 Å². The van der Waals surface area contributed by atoms with Gasteiger partial charge in [-0.1, -0.05) is 60.1 Å². The van der Waals surface area contributed by atoms with Gasteiger partial charge in [-0.2, -0.15) is 0 Å². The molecule has 64 heavy (non-hydrogen) atoms. The number of benzene rings is 6. The second-order valence-corrected chi connectivity index (χ2v) is 15.8. The second-order valence-electron chi connectivity index (χ2n) is 15.3. The normalized spacial score (nSPS) is 13.7. The molecule has 2 saturated carbocycles. The maximum atomic E-state index is 14.9. The van der Waals surface area contributed by atoms with Gasteiger partial charge < -0.3 is 30.3 Å². The molecule has 0 unspecified atom stereocenters. The molecule has 0 radical (unpaired) electrons. The SMILES string of the molecule is O=C(O)c1ccccc1C(=O)Nc1c(F)cc(-c2cccc(OC3CCCC3)c2)cc1Cl.O=C(O)c1ccccc1C(=O)Nc1c(F)cc(-c2cccc(OC3CCCC3)c2)cc1F. The number of carbonyl (C=O) groups is 4. The lowest BCUT2D eigenvalue weighted by Crippen LogP contribution is -2.18. The predicted octanol–water partition coefficient (Wildman–Crippen LogP) is 12.3. The first-order valence-corrected chi connectivity index (χ1v) is 21.0. The van der Waals surface area contributed by atoms with Gasteiger partial charge in [0, 0.05) is 0 Å². The number of hydrogen-bond donors (Lipinski definition) is 4. The van der Waals surface area contributed by atoms with Crippen LogP contribution in [0.5, 0.6) is 11.5 Å². The number of ether oxygens (including phenoxy) is 2. The highest BCUT2D eigenvalue weighted by Gasteiger charge is 2.23. The Morgan fingerprint density at radius 2 is 0.859 bits per heavy atom. The highest BCUT2D eigenvalue weighted by atomic mass is 35.5. The van der Waals surface area contributed by atoms with Crippen molar-refractivity contribution in [1.29, 1.82) is 0 Å². The van der Waals surface area contributed by atoms with Crippen LogP contribution in [0.25, 0.3) is 22.3 Å². The van der Waals surface area contributed by atoms with Gasteiger partial charge in [-0.25, -0.2) is 22.8 Å². The maximum Gasteiger partial charge on any atom is 0.336 e. The molecule has 0 bridgehead atoms. The van der Waals surface area contributed by atoms with E-state index in [0.29, 0.717) is 28.2 Å². The summed E-state index contributed by atoms with van der Waals surface area (Å²) in [4.78, 5) is 47.7. The van der Waals surface area contributed by atoms with E-state index in [4.69, 9.17) is 21.1 Å². The van der Waals surface area contributed by atoms with E-state index in [2.05, 4.69) is 10.6 Å². The molecule has 0 heterocycles. The van der Waals surface area contributed by atoms with Crippen LogP contribution >= 0.6 is 11.6 Å². The second kappa shape index (κ2) is 20.4. The molecule has 6 aromatic rings. The Hall–Kier alpha value is -7.12. The summed E-state index contributed by atoms with van der Waals surface area (Å²) in [5.41, 5.74) is 0.558. The van der Waals surface area contributed by atoms with E-state index in [9.17, 15) is 42.6 Å². The van der Waals surface area contributed by atoms with Gasteiger partial charge in [0.2, 0.25) is 0 Å². The number of carboxylic acid groups (broad SMARTS) is 2. The number of nitrogens with one attached hydrogen (secondary N) is 2. The van der Waals surface area contributed by atoms with Crippen LogP contribution in [0.3, 0.4) is 0 Å². The van der Waals surface area contributed by atoms with Crippen molar-refractivity contribution < 1.29 is 52.0 Å². The van der Waals surface area contributed by atoms with Crippen molar-refractivity contribution in [2.24, 2.45) is 0 Å². The van der Waals surface area contributed by atoms with E-state index in [1.807, 2.05) is 30.3 Å². The highest BCUT2D eigenvalue weighted by molar-refractivity contribution is 6.34. The third-order valence-corrected chi connectivity index (χ3v) is 11.2. The largest absolute Gasteiger partial charge is 0.490 e. The molecule has 328 valence electrons. The first-order valence-electron chi connectivity index (χ1n) is 20.6. The average molecular weight is 891 g/mol. The van der Waals surface area contributed by atoms with Crippen molar-refractivity contribution in [3.05, 3.63) is 166 Å². The standard InChI is InChI=1S/C25H21ClFNO4.C25H21F2NO4/c2*26-21-13-16(15-6-5-9-18(12-15)32-17-7-1-2-8-17)14-22(27)23(21)28-24(29)19-10-3-4-11-20(19)25(30)31/h2*3-6,9-14,17H,1-2,7-8H2,(H,28,29)(H,30,31). The summed E-state index contributed by atoms with van der Waals surface area (Å²) < 4.78 is 56.4. The monoisotopic (exact) mass is 890 g/mol. The molecule has 14 heteroatoms. The summed E-state index contributed by atoms with van der Waals surface area (Å²) >= 11 is 6.29. The molecule has 8 rings (SSSR count). The molecule has 4 N–H and O–H groups in total. The third kappa shape index (κ3) is 10.9. The summed E-state index contributed by atoms with van der Waals surface area (Å²) in [6, 6.07) is 30.6. The zero-order valence-corrected chi connectivity index (χ0v) is 35.0. The Bertz CT molecular complexity index is 2490. The molecule has 0 spiro atoms. The van der Waals surface area contributed by atoms with Crippen LogP contribution < -0.4 is 20.1 Å². The lowest BCUT2D eigenvalue weighted by Gasteiger charge is -2.15. The van der Waals surface area contributed by atoms with Crippen LogP contribution in [-0.2, 0) is 0 Å². The first kappa shape index (κ1) is 44.9. The fraction of sp³-hybridized carbons (Fsp3) is 0.200. The molecule has 6 aromatic carbocycles. The van der Waals surface area contributed by atoms with Gasteiger partial charge in [0.05, 0.1) is 45.2 Å². The quantitative estimate of drug-likeness (QED) is 0.0948. The predicted molar refractivity (Wildman–Crippen MR) is 237 cm³/mol. The van der Waals surface area contributed by atoms with Gasteiger partial charge in [0.1, 0.15) is 34.6 Å². The lowest BCUT2D eigenvalue weighted by atomic mass is 10.0. The number of amides is 2. The van der Waals surface area contributed by atoms with Crippen molar-refractivity contribution in [3.8, 4) is 33.8 Å². The highest BCUT2D eigenvalue weighted by Crippen LogP contribution is 2.35. The number of carbonyl (C=O) groups excluding carboxylic acids is 2. The van der Waals surface area contributed by atoms with Crippen LogP contribution in [0.1, 0.15) is 92.8 Å². The van der Waals surface area contributed by atoms with Crippen molar-refractivity contribution in [2.75, 3.05) is 10.6 Å². The number of aromatic carboxylic acids is 2. The zero-order chi connectivity index (χ0) is 45.3. The van der Waals surface area contributed by atoms with Crippen LogP contribution in [0.15, 0.2) is 121 Å². The lowest BCUT2D eigenvalue weighted by molar-refractivity contribution is 0.0683. The van der Waals surface area contributed by atoms with Crippen LogP contribution in [0.2, 0.25) is 5.02 Å². The molecule has 2 aliphatic rings. The third-order valence-electron chi connectivity index (χ3n) is 10.9. The average Bonchev–Trinajstić information content (AvgIpc) is 4.01. The van der Waals surface area contributed by atoms with E-state index in [1.54, 1.807) is 24.3 Å². The molecule has 2 aliphatic carbocycles. The van der Waals surface area contributed by atoms with E-state index in [0.717, 1.165) is 69.1 Å². The summed E-state index contributed by atoms with van der Waals surface area (Å²) in [6.07, 6.45) is 9.00. The van der Waals surface area contributed by atoms with Crippen molar-refractivity contribution in [2.45, 2.75) is 63.6 Å². The number of halogens is 4. The Morgan fingerprint density at radius 3 is 1.27 bits per heavy atom.